The number of carbonyl (C=O) groups excluding carboxylic acids is 8. The van der Waals surface area contributed by atoms with E-state index in [2.05, 4.69) is 59.9 Å². The normalized spacial score (nSPS) is 13.5. The summed E-state index contributed by atoms with van der Waals surface area (Å²) in [7, 11) is -11.0. The maximum Gasteiger partial charge on any atom is 1.00 e. The Hall–Kier alpha value is -5.36. The van der Waals surface area contributed by atoms with E-state index in [-0.39, 0.29) is 244 Å². The molecule has 2 aromatic heterocycles. The van der Waals surface area contributed by atoms with Crippen molar-refractivity contribution in [3.8, 4) is 0 Å². The van der Waals surface area contributed by atoms with E-state index >= 15 is 0 Å². The number of benzene rings is 7. The molecular formula is C50H28N14Na6O18S2. The molecule has 0 unspecified atom stereocenters. The van der Waals surface area contributed by atoms with Crippen molar-refractivity contribution in [2.45, 2.75) is 9.79 Å². The number of nitrogens with zero attached hydrogens (tertiary/aromatic N) is 8. The summed E-state index contributed by atoms with van der Waals surface area (Å²) < 4.78 is 76.9. The SMILES string of the molecule is O=C([O-])CN=c1[nH]c(=NCC(=O)[O-])[nH]c(=Nc2ccc(N3C(=O)c4ccc5c6ccc7c8c(ccc(c9ccc(c4c59)C3=O)c86)C(=O)N(c3ccc(N=c4[nH]c(=NCC(=O)[O-])[nH]c(=NCC(=O)[O-])[nH]4)c(S(=O)(=O)[O-])c3)C7=O)cc2S(=O)(=O)[O-])[nH]1.[Na+].[Na+].[Na+].[Na+].[Na+].[Na+]. The van der Waals surface area contributed by atoms with Crippen LogP contribution in [-0.2, 0) is 39.4 Å². The van der Waals surface area contributed by atoms with Crippen LogP contribution in [0, 0.1) is 0 Å². The molecule has 90 heavy (non-hydrogen) atoms. The van der Waals surface area contributed by atoms with E-state index in [1.54, 1.807) is 24.3 Å². The second-order valence-electron chi connectivity index (χ2n) is 18.1. The zero-order valence-electron chi connectivity index (χ0n) is 47.7. The van der Waals surface area contributed by atoms with E-state index in [0.29, 0.717) is 42.1 Å². The van der Waals surface area contributed by atoms with Gasteiger partial charge in [0.15, 0.2) is 0 Å². The molecule has 424 valence electrons. The summed E-state index contributed by atoms with van der Waals surface area (Å²) in [6, 6.07) is 17.6. The molecule has 40 heteroatoms. The zero-order valence-corrected chi connectivity index (χ0v) is 61.3. The monoisotopic (exact) mass is 1310 g/mol. The Bertz CT molecular complexity index is 4730. The van der Waals surface area contributed by atoms with Crippen LogP contribution in [0.5, 0.6) is 0 Å². The molecular weight excluding hydrogens is 1290 g/mol. The fourth-order valence-corrected chi connectivity index (χ4v) is 11.0. The Labute approximate surface area is 633 Å². The standard InChI is InChI=1S/C50H34N14O18S2.6Na/c65-33(66)15-51-45-57-46(52-16-34(67)68)60-49(59-45)55-29-11-1-19(13-31(29)83(77,78)79)63-41(73)25-7-3-21-23-5-9-27-40-28(10-6-24(38(23)40)22-4-8-26(42(63)74)39(25)37(21)22)44(76)64(43(27)75)20-2-12-30(32(14-20)84(80,81)82)56-50-61-47(53-17-35(69)70)58-48(62-50)54-18-36(71)72;;;;;;/h1-14H,15-18H2,(H,65,66)(H,67,68)(H,69,70)(H,71,72)(H,77,78,79)(H,80,81,82)(H3,51,52,55,57,59,60)(H3,53,54,56,58,61,62);;;;;;/q;6*+1/p-6. The zero-order chi connectivity index (χ0) is 59.8. The number of H-pyrrole nitrogens is 6. The third kappa shape index (κ3) is 14.8. The van der Waals surface area contributed by atoms with E-state index < -0.39 is 126 Å². The molecule has 32 nitrogen and oxygen atoms in total. The van der Waals surface area contributed by atoms with Crippen molar-refractivity contribution < 1.29 is 262 Å². The van der Waals surface area contributed by atoms with E-state index in [1.807, 2.05) is 0 Å². The summed E-state index contributed by atoms with van der Waals surface area (Å²) in [5.41, 5.74) is -4.41. The Morgan fingerprint density at radius 2 is 0.611 bits per heavy atom. The van der Waals surface area contributed by atoms with Crippen LogP contribution in [0.15, 0.2) is 125 Å². The third-order valence-corrected chi connectivity index (χ3v) is 14.7. The van der Waals surface area contributed by atoms with Gasteiger partial charge in [0.25, 0.3) is 23.6 Å². The van der Waals surface area contributed by atoms with Crippen molar-refractivity contribution in [1.29, 1.82) is 0 Å². The van der Waals surface area contributed by atoms with Gasteiger partial charge in [0.2, 0.25) is 33.7 Å². The topological polar surface area (TPSA) is 519 Å². The van der Waals surface area contributed by atoms with E-state index in [0.717, 1.165) is 36.4 Å². The molecule has 2 aliphatic heterocycles. The van der Waals surface area contributed by atoms with Crippen molar-refractivity contribution in [3.63, 3.8) is 0 Å². The number of fused-ring (bicyclic) bond motifs is 2. The van der Waals surface area contributed by atoms with Gasteiger partial charge in [-0.3, -0.25) is 49.1 Å². The molecule has 0 saturated carbocycles. The van der Waals surface area contributed by atoms with Crippen LogP contribution in [0.2, 0.25) is 0 Å². The smallest absolute Gasteiger partial charge is 0.744 e. The first-order chi connectivity index (χ1) is 39.8. The van der Waals surface area contributed by atoms with Gasteiger partial charge in [0.1, 0.15) is 20.2 Å². The first-order valence-corrected chi connectivity index (χ1v) is 26.6. The Kier molecular flexibility index (Phi) is 24.9. The number of carboxylic acid groups (broad SMARTS) is 4. The van der Waals surface area contributed by atoms with Gasteiger partial charge in [0, 0.05) is 33.0 Å². The Morgan fingerprint density at radius 3 is 0.844 bits per heavy atom. The number of anilines is 2. The van der Waals surface area contributed by atoms with Gasteiger partial charge in [-0.1, -0.05) is 24.3 Å². The van der Waals surface area contributed by atoms with Gasteiger partial charge in [-0.05, 0) is 93.0 Å². The number of aliphatic carboxylic acids is 4. The fourth-order valence-electron chi connectivity index (χ4n) is 9.71. The maximum absolute atomic E-state index is 14.6. The van der Waals surface area contributed by atoms with Crippen molar-refractivity contribution in [2.75, 3.05) is 36.0 Å². The van der Waals surface area contributed by atoms with Gasteiger partial charge >= 0.3 is 177 Å². The number of carbonyl (C=O) groups is 8. The summed E-state index contributed by atoms with van der Waals surface area (Å²) in [5, 5.41) is 47.3. The number of amides is 4. The summed E-state index contributed by atoms with van der Waals surface area (Å²) in [6.07, 6.45) is 0. The van der Waals surface area contributed by atoms with Gasteiger partial charge in [-0.25, -0.2) is 56.6 Å². The second kappa shape index (κ2) is 29.7. The van der Waals surface area contributed by atoms with Crippen LogP contribution in [0.1, 0.15) is 41.4 Å². The summed E-state index contributed by atoms with van der Waals surface area (Å²) >= 11 is 0. The maximum atomic E-state index is 14.6. The van der Waals surface area contributed by atoms with E-state index in [4.69, 9.17) is 0 Å². The number of hydrogen-bond donors (Lipinski definition) is 6. The number of aromatic nitrogens is 6. The number of nitrogens with one attached hydrogen (secondary N) is 6. The molecule has 4 amide bonds. The molecule has 0 bridgehead atoms. The summed E-state index contributed by atoms with van der Waals surface area (Å²) in [5.74, 6) is -10.2. The van der Waals surface area contributed by atoms with Gasteiger partial charge in [-0.2, -0.15) is 0 Å². The fraction of sp³-hybridized carbons (Fsp3) is 0.0800. The number of rotatable bonds is 14. The minimum atomic E-state index is -5.49. The predicted molar refractivity (Wildman–Crippen MR) is 270 cm³/mol. The van der Waals surface area contributed by atoms with Crippen molar-refractivity contribution in [2.24, 2.45) is 30.0 Å². The number of imide groups is 2. The average Bonchev–Trinajstić information content (AvgIpc) is 0.696. The molecule has 9 aromatic rings. The molecule has 6 N–H and O–H groups in total. The first kappa shape index (κ1) is 75.4. The van der Waals surface area contributed by atoms with Crippen LogP contribution in [-0.4, -0.2) is 130 Å². The third-order valence-electron chi connectivity index (χ3n) is 12.9. The van der Waals surface area contributed by atoms with E-state index in [9.17, 15) is 84.7 Å². The van der Waals surface area contributed by atoms with E-state index in [1.165, 1.54) is 24.3 Å². The quantitative estimate of drug-likeness (QED) is 0.0194. The minimum Gasteiger partial charge on any atom is -0.744 e. The van der Waals surface area contributed by atoms with Crippen molar-refractivity contribution >= 4 is 134 Å². The molecule has 0 fully saturated rings. The number of carboxylic acids is 4. The molecule has 11 rings (SSSR count). The molecule has 0 aliphatic carbocycles. The predicted octanol–water partition coefficient (Wildman–Crippen LogP) is -23.8. The number of aromatic amines is 6. The second-order valence-corrected chi connectivity index (χ2v) is 20.8. The van der Waals surface area contributed by atoms with Crippen LogP contribution in [0.4, 0.5) is 22.7 Å². The van der Waals surface area contributed by atoms with Crippen LogP contribution in [0.3, 0.4) is 0 Å². The Balaban J connectivity index is 0.00000245. The minimum absolute atomic E-state index is 0. The summed E-state index contributed by atoms with van der Waals surface area (Å²) in [6.45, 7) is -3.62. The Morgan fingerprint density at radius 1 is 0.367 bits per heavy atom. The van der Waals surface area contributed by atoms with Crippen molar-refractivity contribution in [3.05, 3.63) is 141 Å². The van der Waals surface area contributed by atoms with Gasteiger partial charge in [0.05, 0.1) is 82.6 Å². The van der Waals surface area contributed by atoms with Crippen molar-refractivity contribution in [1.82, 2.24) is 29.9 Å². The van der Waals surface area contributed by atoms with Crippen LogP contribution < -0.4 is 241 Å². The van der Waals surface area contributed by atoms with Gasteiger partial charge in [-0.15, -0.1) is 0 Å². The molecule has 2 aliphatic rings. The molecule has 0 spiro atoms. The first-order valence-electron chi connectivity index (χ1n) is 23.8. The molecule has 0 atom stereocenters. The molecule has 4 heterocycles. The molecule has 7 aromatic carbocycles. The molecule has 0 saturated heterocycles. The molecule has 0 radical (unpaired) electrons. The summed E-state index contributed by atoms with van der Waals surface area (Å²) in [4.78, 5) is 140. The number of hydrogen-bond acceptors (Lipinski definition) is 24. The van der Waals surface area contributed by atoms with Gasteiger partial charge < -0.3 is 48.7 Å². The largest absolute Gasteiger partial charge is 1.00 e. The van der Waals surface area contributed by atoms with Crippen LogP contribution >= 0.6 is 0 Å². The van der Waals surface area contributed by atoms with Crippen LogP contribution in [0.25, 0.3) is 43.1 Å². The average molecular weight is 1310 g/mol.